The molecule has 0 aliphatic heterocycles. The van der Waals surface area contributed by atoms with Crippen molar-refractivity contribution < 1.29 is 14.8 Å². The summed E-state index contributed by atoms with van der Waals surface area (Å²) >= 11 is 0. The normalized spacial score (nSPS) is 10.7. The van der Waals surface area contributed by atoms with Gasteiger partial charge in [-0.3, -0.25) is 10.1 Å². The van der Waals surface area contributed by atoms with Gasteiger partial charge in [-0.15, -0.1) is 0 Å². The molecule has 5 heteroatoms. The van der Waals surface area contributed by atoms with Crippen LogP contribution < -0.4 is 4.74 Å². The first-order valence-electron chi connectivity index (χ1n) is 5.91. The molecule has 0 amide bonds. The number of nitrogens with zero attached hydrogens (tertiary/aromatic N) is 1. The Morgan fingerprint density at radius 3 is 2.89 bits per heavy atom. The van der Waals surface area contributed by atoms with E-state index in [1.54, 1.807) is 12.1 Å². The number of nitro groups is 1. The predicted molar refractivity (Wildman–Crippen MR) is 69.2 cm³/mol. The van der Waals surface area contributed by atoms with Gasteiger partial charge in [0.25, 0.3) is 0 Å². The van der Waals surface area contributed by atoms with Gasteiger partial charge in [-0.25, -0.2) is 0 Å². The lowest BCUT2D eigenvalue weighted by Gasteiger charge is -2.08. The lowest BCUT2D eigenvalue weighted by molar-refractivity contribution is -0.400. The van der Waals surface area contributed by atoms with Crippen molar-refractivity contribution in [3.8, 4) is 11.5 Å². The van der Waals surface area contributed by atoms with Gasteiger partial charge in [0.1, 0.15) is 0 Å². The highest BCUT2D eigenvalue weighted by Gasteiger charge is 2.03. The van der Waals surface area contributed by atoms with Gasteiger partial charge in [-0.05, 0) is 24.1 Å². The Morgan fingerprint density at radius 1 is 1.44 bits per heavy atom. The molecule has 5 nitrogen and oxygen atoms in total. The maximum atomic E-state index is 10.2. The number of unbranched alkanes of at least 4 members (excludes halogenated alkanes) is 2. The molecule has 18 heavy (non-hydrogen) atoms. The zero-order valence-electron chi connectivity index (χ0n) is 10.3. The highest BCUT2D eigenvalue weighted by atomic mass is 16.6. The molecule has 0 bridgehead atoms. The van der Waals surface area contributed by atoms with Gasteiger partial charge in [0.2, 0.25) is 6.20 Å². The van der Waals surface area contributed by atoms with Crippen molar-refractivity contribution in [2.24, 2.45) is 0 Å². The van der Waals surface area contributed by atoms with E-state index in [0.29, 0.717) is 17.9 Å². The molecule has 0 heterocycles. The monoisotopic (exact) mass is 251 g/mol. The van der Waals surface area contributed by atoms with Crippen LogP contribution in [0.1, 0.15) is 31.7 Å². The third kappa shape index (κ3) is 4.86. The van der Waals surface area contributed by atoms with Crippen LogP contribution >= 0.6 is 0 Å². The largest absolute Gasteiger partial charge is 0.504 e. The predicted octanol–water partition coefficient (Wildman–Crippen LogP) is 3.21. The van der Waals surface area contributed by atoms with E-state index in [-0.39, 0.29) is 5.75 Å². The van der Waals surface area contributed by atoms with Crippen molar-refractivity contribution in [2.75, 3.05) is 6.61 Å². The molecular formula is C13H17NO4. The molecule has 0 aliphatic rings. The van der Waals surface area contributed by atoms with Crippen LogP contribution in [0.2, 0.25) is 0 Å². The molecule has 0 unspecified atom stereocenters. The van der Waals surface area contributed by atoms with Crippen molar-refractivity contribution in [3.05, 3.63) is 40.1 Å². The number of benzene rings is 1. The fourth-order valence-corrected chi connectivity index (χ4v) is 1.43. The Hall–Kier alpha value is -2.04. The van der Waals surface area contributed by atoms with E-state index in [1.807, 2.05) is 0 Å². The van der Waals surface area contributed by atoms with E-state index in [9.17, 15) is 15.2 Å². The quantitative estimate of drug-likeness (QED) is 0.459. The van der Waals surface area contributed by atoms with E-state index in [1.165, 1.54) is 12.1 Å². The van der Waals surface area contributed by atoms with Crippen LogP contribution in [0.3, 0.4) is 0 Å². The molecule has 1 N–H and O–H groups in total. The number of hydrogen-bond donors (Lipinski definition) is 1. The second-order valence-electron chi connectivity index (χ2n) is 3.88. The van der Waals surface area contributed by atoms with Crippen LogP contribution in [-0.2, 0) is 0 Å². The van der Waals surface area contributed by atoms with Gasteiger partial charge in [-0.2, -0.15) is 0 Å². The summed E-state index contributed by atoms with van der Waals surface area (Å²) in [5, 5.41) is 19.8. The first kappa shape index (κ1) is 14.0. The zero-order chi connectivity index (χ0) is 13.4. The van der Waals surface area contributed by atoms with Crippen LogP contribution in [0.5, 0.6) is 11.5 Å². The molecule has 1 rings (SSSR count). The molecule has 0 aromatic heterocycles. The Labute approximate surface area is 106 Å². The molecule has 0 saturated heterocycles. The molecule has 0 atom stereocenters. The van der Waals surface area contributed by atoms with Crippen molar-refractivity contribution in [1.29, 1.82) is 0 Å². The number of phenolic OH excluding ortho intramolecular Hbond substituents is 1. The Balaban J connectivity index is 2.66. The molecule has 1 aromatic rings. The van der Waals surface area contributed by atoms with Crippen molar-refractivity contribution in [1.82, 2.24) is 0 Å². The van der Waals surface area contributed by atoms with E-state index < -0.39 is 4.92 Å². The van der Waals surface area contributed by atoms with Gasteiger partial charge in [0.05, 0.1) is 11.5 Å². The highest BCUT2D eigenvalue weighted by molar-refractivity contribution is 5.54. The Bertz CT molecular complexity index is 429. The molecule has 98 valence electrons. The first-order valence-corrected chi connectivity index (χ1v) is 5.91. The van der Waals surface area contributed by atoms with E-state index in [2.05, 4.69) is 6.92 Å². The van der Waals surface area contributed by atoms with Crippen LogP contribution in [0.25, 0.3) is 6.08 Å². The van der Waals surface area contributed by atoms with E-state index in [0.717, 1.165) is 25.5 Å². The SMILES string of the molecule is CCCCCOc1cc(/C=C/[N+](=O)[O-])ccc1O. The van der Waals surface area contributed by atoms with Crippen LogP contribution in [-0.4, -0.2) is 16.6 Å². The van der Waals surface area contributed by atoms with E-state index >= 15 is 0 Å². The summed E-state index contributed by atoms with van der Waals surface area (Å²) in [5.74, 6) is 0.404. The smallest absolute Gasteiger partial charge is 0.235 e. The molecule has 1 aromatic carbocycles. The molecule has 0 spiro atoms. The van der Waals surface area contributed by atoms with Crippen LogP contribution in [0, 0.1) is 10.1 Å². The molecule has 0 fully saturated rings. The summed E-state index contributed by atoms with van der Waals surface area (Å²) in [6.45, 7) is 2.63. The van der Waals surface area contributed by atoms with E-state index in [4.69, 9.17) is 4.74 Å². The Morgan fingerprint density at radius 2 is 2.22 bits per heavy atom. The third-order valence-electron chi connectivity index (χ3n) is 2.38. The average Bonchev–Trinajstić information content (AvgIpc) is 2.35. The minimum atomic E-state index is -0.533. The van der Waals surface area contributed by atoms with Crippen LogP contribution in [0.4, 0.5) is 0 Å². The third-order valence-corrected chi connectivity index (χ3v) is 2.38. The maximum absolute atomic E-state index is 10.2. The van der Waals surface area contributed by atoms with Crippen molar-refractivity contribution >= 4 is 6.08 Å². The minimum Gasteiger partial charge on any atom is -0.504 e. The summed E-state index contributed by atoms with van der Waals surface area (Å²) in [6.07, 6.45) is 5.30. The number of phenols is 1. The first-order chi connectivity index (χ1) is 8.63. The van der Waals surface area contributed by atoms with Crippen molar-refractivity contribution in [2.45, 2.75) is 26.2 Å². The average molecular weight is 251 g/mol. The summed E-state index contributed by atoms with van der Waals surface area (Å²) in [7, 11) is 0. The van der Waals surface area contributed by atoms with Crippen molar-refractivity contribution in [3.63, 3.8) is 0 Å². The second kappa shape index (κ2) is 7.32. The fourth-order valence-electron chi connectivity index (χ4n) is 1.43. The molecule has 0 saturated carbocycles. The molecular weight excluding hydrogens is 234 g/mol. The van der Waals surface area contributed by atoms with Gasteiger partial charge < -0.3 is 9.84 Å². The number of ether oxygens (including phenoxy) is 1. The fraction of sp³-hybridized carbons (Fsp3) is 0.385. The summed E-state index contributed by atoms with van der Waals surface area (Å²) in [6, 6.07) is 4.64. The maximum Gasteiger partial charge on any atom is 0.235 e. The zero-order valence-corrected chi connectivity index (χ0v) is 10.3. The summed E-state index contributed by atoms with van der Waals surface area (Å²) < 4.78 is 5.43. The lowest BCUT2D eigenvalue weighted by Crippen LogP contribution is -1.97. The molecule has 0 radical (unpaired) electrons. The van der Waals surface area contributed by atoms with Crippen LogP contribution in [0.15, 0.2) is 24.4 Å². The van der Waals surface area contributed by atoms with Gasteiger partial charge in [0.15, 0.2) is 11.5 Å². The van der Waals surface area contributed by atoms with Gasteiger partial charge in [-0.1, -0.05) is 25.8 Å². The minimum absolute atomic E-state index is 0.0461. The summed E-state index contributed by atoms with van der Waals surface area (Å²) in [4.78, 5) is 9.67. The lowest BCUT2D eigenvalue weighted by atomic mass is 10.2. The topological polar surface area (TPSA) is 72.6 Å². The van der Waals surface area contributed by atoms with Gasteiger partial charge in [0, 0.05) is 6.08 Å². The molecule has 0 aliphatic carbocycles. The number of aromatic hydroxyl groups is 1. The van der Waals surface area contributed by atoms with Gasteiger partial charge >= 0.3 is 0 Å². The second-order valence-corrected chi connectivity index (χ2v) is 3.88. The number of hydrogen-bond acceptors (Lipinski definition) is 4. The number of rotatable bonds is 7. The Kier molecular flexibility index (Phi) is 5.70. The summed E-state index contributed by atoms with van der Waals surface area (Å²) in [5.41, 5.74) is 0.620. The standard InChI is InChI=1S/C13H17NO4/c1-2-3-4-9-18-13-10-11(5-6-12(13)15)7-8-14(16)17/h5-8,10,15H,2-4,9H2,1H3/b8-7+. The highest BCUT2D eigenvalue weighted by Crippen LogP contribution is 2.27.